The first-order valence-corrected chi connectivity index (χ1v) is 9.98. The number of carbonyl (C=O) groups excluding carboxylic acids is 1. The number of aliphatic hydroxyl groups excluding tert-OH is 1. The zero-order chi connectivity index (χ0) is 23.5. The number of hydrogen-bond donors (Lipinski definition) is 4. The van der Waals surface area contributed by atoms with E-state index in [0.29, 0.717) is 5.56 Å². The Morgan fingerprint density at radius 1 is 1.34 bits per heavy atom. The Morgan fingerprint density at radius 3 is 2.69 bits per heavy atom. The van der Waals surface area contributed by atoms with Gasteiger partial charge in [-0.15, -0.1) is 0 Å². The Hall–Kier alpha value is -3.56. The Labute approximate surface area is 186 Å². The third-order valence-corrected chi connectivity index (χ3v) is 4.54. The summed E-state index contributed by atoms with van der Waals surface area (Å²) >= 11 is 0. The fraction of sp³-hybridized carbons (Fsp3) is 0.261. The van der Waals surface area contributed by atoms with Gasteiger partial charge in [0.15, 0.2) is 0 Å². The van der Waals surface area contributed by atoms with Crippen LogP contribution in [0, 0.1) is 5.82 Å². The molecular formula is C23H28FN5O3. The predicted octanol–water partition coefficient (Wildman–Crippen LogP) is 2.53. The Bertz CT molecular complexity index is 995. The molecule has 0 saturated carbocycles. The number of aromatic nitrogens is 2. The van der Waals surface area contributed by atoms with E-state index >= 15 is 0 Å². The number of carbonyl (C=O) groups is 1. The number of allylic oxidation sites excluding steroid dienone is 5. The topological polar surface area (TPSA) is 126 Å². The van der Waals surface area contributed by atoms with Crippen LogP contribution in [0.1, 0.15) is 25.3 Å². The minimum Gasteiger partial charge on any atom is -0.394 e. The second-order valence-corrected chi connectivity index (χ2v) is 6.95. The van der Waals surface area contributed by atoms with E-state index in [1.807, 2.05) is 19.1 Å². The molecule has 8 nitrogen and oxygen atoms in total. The van der Waals surface area contributed by atoms with Crippen LogP contribution in [0.4, 0.5) is 4.39 Å². The molecule has 1 aromatic heterocycles. The van der Waals surface area contributed by atoms with Crippen molar-refractivity contribution < 1.29 is 18.8 Å². The summed E-state index contributed by atoms with van der Waals surface area (Å²) in [4.78, 5) is 16.8. The minimum absolute atomic E-state index is 0.0176. The first kappa shape index (κ1) is 24.7. The van der Waals surface area contributed by atoms with E-state index in [9.17, 15) is 14.3 Å². The van der Waals surface area contributed by atoms with Crippen molar-refractivity contribution in [1.29, 1.82) is 0 Å². The molecule has 2 atom stereocenters. The van der Waals surface area contributed by atoms with E-state index in [2.05, 4.69) is 27.4 Å². The molecule has 1 amide bonds. The lowest BCUT2D eigenvalue weighted by molar-refractivity contribution is -0.123. The summed E-state index contributed by atoms with van der Waals surface area (Å²) < 4.78 is 18.3. The van der Waals surface area contributed by atoms with Gasteiger partial charge in [-0.3, -0.25) is 4.79 Å². The van der Waals surface area contributed by atoms with Crippen molar-refractivity contribution in [2.24, 2.45) is 5.73 Å². The van der Waals surface area contributed by atoms with Gasteiger partial charge in [0.2, 0.25) is 11.7 Å². The third kappa shape index (κ3) is 7.00. The van der Waals surface area contributed by atoms with Gasteiger partial charge in [-0.25, -0.2) is 4.39 Å². The molecule has 0 aliphatic heterocycles. The molecule has 0 aliphatic carbocycles. The maximum absolute atomic E-state index is 13.1. The van der Waals surface area contributed by atoms with Crippen molar-refractivity contribution >= 4 is 5.91 Å². The highest BCUT2D eigenvalue weighted by Gasteiger charge is 2.24. The molecule has 170 valence electrons. The number of nitrogens with zero attached hydrogens (tertiary/aromatic N) is 2. The number of amides is 1. The highest BCUT2D eigenvalue weighted by molar-refractivity contribution is 5.82. The van der Waals surface area contributed by atoms with E-state index < -0.39 is 24.6 Å². The zero-order valence-electron chi connectivity index (χ0n) is 18.1. The molecule has 5 N–H and O–H groups in total. The molecule has 9 heteroatoms. The summed E-state index contributed by atoms with van der Waals surface area (Å²) in [5.74, 6) is -0.643. The molecule has 0 unspecified atom stereocenters. The van der Waals surface area contributed by atoms with Crippen LogP contribution in [0.3, 0.4) is 0 Å². The largest absolute Gasteiger partial charge is 0.394 e. The van der Waals surface area contributed by atoms with Gasteiger partial charge >= 0.3 is 0 Å². The number of benzene rings is 1. The predicted molar refractivity (Wildman–Crippen MR) is 120 cm³/mol. The Morgan fingerprint density at radius 2 is 2.06 bits per heavy atom. The van der Waals surface area contributed by atoms with Crippen molar-refractivity contribution in [1.82, 2.24) is 20.8 Å². The summed E-state index contributed by atoms with van der Waals surface area (Å²) in [5, 5.41) is 19.1. The van der Waals surface area contributed by atoms with E-state index in [4.69, 9.17) is 10.3 Å². The van der Waals surface area contributed by atoms with Crippen LogP contribution in [0.5, 0.6) is 0 Å². The number of halogens is 1. The Balaban J connectivity index is 2.08. The average molecular weight is 442 g/mol. The second-order valence-electron chi connectivity index (χ2n) is 6.95. The quantitative estimate of drug-likeness (QED) is 0.395. The van der Waals surface area contributed by atoms with Crippen molar-refractivity contribution in [2.45, 2.75) is 25.4 Å². The molecule has 32 heavy (non-hydrogen) atoms. The van der Waals surface area contributed by atoms with Crippen LogP contribution < -0.4 is 16.4 Å². The fourth-order valence-electron chi connectivity index (χ4n) is 2.78. The molecule has 2 rings (SSSR count). The molecule has 1 heterocycles. The van der Waals surface area contributed by atoms with Crippen LogP contribution in [-0.4, -0.2) is 40.9 Å². The lowest BCUT2D eigenvalue weighted by atomic mass is 9.99. The molecular weight excluding hydrogens is 413 g/mol. The molecule has 0 aliphatic rings. The van der Waals surface area contributed by atoms with Crippen molar-refractivity contribution in [3.63, 3.8) is 0 Å². The maximum atomic E-state index is 13.1. The van der Waals surface area contributed by atoms with Gasteiger partial charge in [0.25, 0.3) is 5.89 Å². The van der Waals surface area contributed by atoms with Gasteiger partial charge < -0.3 is 26.0 Å². The molecule has 0 radical (unpaired) electrons. The van der Waals surface area contributed by atoms with E-state index in [1.165, 1.54) is 24.3 Å². The first-order chi connectivity index (χ1) is 15.4. The fourth-order valence-corrected chi connectivity index (χ4v) is 2.78. The lowest BCUT2D eigenvalue weighted by Gasteiger charge is -2.18. The number of nitrogens with two attached hydrogens (primary N) is 1. The van der Waals surface area contributed by atoms with E-state index in [1.54, 1.807) is 25.4 Å². The summed E-state index contributed by atoms with van der Waals surface area (Å²) in [6, 6.07) is 3.74. The maximum Gasteiger partial charge on any atom is 0.251 e. The smallest absolute Gasteiger partial charge is 0.251 e. The van der Waals surface area contributed by atoms with Crippen LogP contribution in [0.25, 0.3) is 11.4 Å². The van der Waals surface area contributed by atoms with Gasteiger partial charge in [0.05, 0.1) is 12.6 Å². The normalized spacial score (nSPS) is 14.3. The number of aliphatic hydroxyl groups is 1. The van der Waals surface area contributed by atoms with Gasteiger partial charge in [0.1, 0.15) is 11.9 Å². The van der Waals surface area contributed by atoms with Crippen LogP contribution >= 0.6 is 0 Å². The van der Waals surface area contributed by atoms with Crippen molar-refractivity contribution in [2.75, 3.05) is 13.7 Å². The molecule has 0 spiro atoms. The number of nitrogens with one attached hydrogen (secondary N) is 2. The summed E-state index contributed by atoms with van der Waals surface area (Å²) in [6.07, 6.45) is 9.23. The molecule has 0 fully saturated rings. The van der Waals surface area contributed by atoms with E-state index in [0.717, 1.165) is 11.1 Å². The average Bonchev–Trinajstić information content (AvgIpc) is 3.27. The first-order valence-electron chi connectivity index (χ1n) is 9.98. The third-order valence-electron chi connectivity index (χ3n) is 4.54. The molecule has 0 bridgehead atoms. The molecule has 2 aromatic rings. The highest BCUT2D eigenvalue weighted by Crippen LogP contribution is 2.20. The second kappa shape index (κ2) is 12.3. The Kier molecular flexibility index (Phi) is 9.52. The van der Waals surface area contributed by atoms with Crippen LogP contribution in [-0.2, 0) is 4.79 Å². The monoisotopic (exact) mass is 441 g/mol. The number of rotatable bonds is 11. The minimum atomic E-state index is -0.931. The highest BCUT2D eigenvalue weighted by atomic mass is 19.1. The SMILES string of the molecule is C=C\C=C/C=C(C)/C(=C\NC)C[C@H](N)C(=O)N[C@@H](CO)c1nc(-c2ccc(F)cc2)no1. The van der Waals surface area contributed by atoms with Gasteiger partial charge in [-0.1, -0.05) is 36.0 Å². The van der Waals surface area contributed by atoms with Gasteiger partial charge in [-0.2, -0.15) is 4.98 Å². The van der Waals surface area contributed by atoms with Crippen molar-refractivity contribution in [3.8, 4) is 11.4 Å². The summed E-state index contributed by atoms with van der Waals surface area (Å²) in [7, 11) is 1.76. The molecule has 1 aromatic carbocycles. The standard InChI is InChI=1S/C23H28FN5O3/c1-4-5-6-7-15(2)17(13-26-3)12-19(25)22(31)27-20(14-30)23-28-21(29-32-23)16-8-10-18(24)11-9-16/h4-11,13,19-20,26,30H,1,12,14,25H2,2-3H3,(H,27,31)/b6-5-,15-7+,17-13-/t19-,20-/m0/s1. The lowest BCUT2D eigenvalue weighted by Crippen LogP contribution is -2.43. The number of hydrogen-bond acceptors (Lipinski definition) is 7. The zero-order valence-corrected chi connectivity index (χ0v) is 18.1. The van der Waals surface area contributed by atoms with Gasteiger partial charge in [0, 0.05) is 12.6 Å². The van der Waals surface area contributed by atoms with Crippen LogP contribution in [0.2, 0.25) is 0 Å². The van der Waals surface area contributed by atoms with Gasteiger partial charge in [-0.05, 0) is 55.0 Å². The summed E-state index contributed by atoms with van der Waals surface area (Å²) in [5.41, 5.74) is 8.42. The van der Waals surface area contributed by atoms with Crippen molar-refractivity contribution in [3.05, 3.63) is 84.2 Å². The van der Waals surface area contributed by atoms with E-state index in [-0.39, 0.29) is 24.0 Å². The summed E-state index contributed by atoms with van der Waals surface area (Å²) in [6.45, 7) is 5.07. The van der Waals surface area contributed by atoms with Crippen LogP contribution in [0.15, 0.2) is 77.0 Å². The molecule has 0 saturated heterocycles.